The first-order chi connectivity index (χ1) is 15.0. The number of piperazine rings is 1. The van der Waals surface area contributed by atoms with E-state index in [2.05, 4.69) is 34.1 Å². The van der Waals surface area contributed by atoms with E-state index in [-0.39, 0.29) is 0 Å². The lowest BCUT2D eigenvalue weighted by atomic mass is 10.2. The summed E-state index contributed by atoms with van der Waals surface area (Å²) in [5.41, 5.74) is 3.82. The first kappa shape index (κ1) is 20.1. The maximum absolute atomic E-state index is 5.57. The lowest BCUT2D eigenvalue weighted by Crippen LogP contribution is -2.45. The molecule has 2 saturated heterocycles. The standard InChI is InChI=1S/C22H30N8O/c1-5-31-9-8-30-20-19(15(3)27-30)25-22(29-13-16-11-17(29)12-28(16)4)26-21(20)24-18-10-14(2)6-7-23-18/h6-7,10,16-17H,5,8-9,11-13H2,1-4H3,(H,23,24,25,26)/t16-,17-/m1/s1. The molecule has 0 aliphatic carbocycles. The number of aryl methyl sites for hydroxylation is 2. The van der Waals surface area contributed by atoms with Crippen LogP contribution in [0, 0.1) is 13.8 Å². The zero-order chi connectivity index (χ0) is 21.5. The van der Waals surface area contributed by atoms with E-state index in [0.29, 0.717) is 31.8 Å². The summed E-state index contributed by atoms with van der Waals surface area (Å²) in [5, 5.41) is 8.20. The molecule has 5 rings (SSSR count). The minimum absolute atomic E-state index is 0.464. The Kier molecular flexibility index (Phi) is 5.23. The van der Waals surface area contributed by atoms with E-state index in [1.807, 2.05) is 36.9 Å². The van der Waals surface area contributed by atoms with Gasteiger partial charge in [0.2, 0.25) is 5.95 Å². The molecule has 3 aromatic heterocycles. The molecule has 164 valence electrons. The Labute approximate surface area is 182 Å². The third-order valence-corrected chi connectivity index (χ3v) is 6.33. The summed E-state index contributed by atoms with van der Waals surface area (Å²) in [4.78, 5) is 19.3. The highest BCUT2D eigenvalue weighted by molar-refractivity contribution is 5.90. The molecule has 9 heteroatoms. The predicted molar refractivity (Wildman–Crippen MR) is 121 cm³/mol. The summed E-state index contributed by atoms with van der Waals surface area (Å²) in [6, 6.07) is 5.05. The monoisotopic (exact) mass is 422 g/mol. The van der Waals surface area contributed by atoms with E-state index in [4.69, 9.17) is 19.8 Å². The van der Waals surface area contributed by atoms with Crippen LogP contribution < -0.4 is 10.2 Å². The molecule has 0 radical (unpaired) electrons. The number of rotatable bonds is 7. The van der Waals surface area contributed by atoms with Crippen LogP contribution >= 0.6 is 0 Å². The fourth-order valence-corrected chi connectivity index (χ4v) is 4.73. The van der Waals surface area contributed by atoms with E-state index in [1.54, 1.807) is 0 Å². The Morgan fingerprint density at radius 2 is 2.06 bits per heavy atom. The van der Waals surface area contributed by atoms with Crippen molar-refractivity contribution in [2.24, 2.45) is 0 Å². The van der Waals surface area contributed by atoms with E-state index in [1.165, 1.54) is 6.42 Å². The van der Waals surface area contributed by atoms with Crippen LogP contribution in [0.2, 0.25) is 0 Å². The Morgan fingerprint density at radius 1 is 1.19 bits per heavy atom. The van der Waals surface area contributed by atoms with Gasteiger partial charge in [-0.2, -0.15) is 10.1 Å². The highest BCUT2D eigenvalue weighted by Crippen LogP contribution is 2.35. The summed E-state index contributed by atoms with van der Waals surface area (Å²) in [6.45, 7) is 10.0. The second-order valence-electron chi connectivity index (χ2n) is 8.55. The van der Waals surface area contributed by atoms with E-state index >= 15 is 0 Å². The number of nitrogens with one attached hydrogen (secondary N) is 1. The first-order valence-electron chi connectivity index (χ1n) is 11.0. The Bertz CT molecular complexity index is 1090. The topological polar surface area (TPSA) is 84.2 Å². The molecule has 3 aromatic rings. The summed E-state index contributed by atoms with van der Waals surface area (Å²) in [5.74, 6) is 2.28. The molecule has 31 heavy (non-hydrogen) atoms. The third-order valence-electron chi connectivity index (χ3n) is 6.33. The van der Waals surface area contributed by atoms with Gasteiger partial charge in [-0.15, -0.1) is 0 Å². The number of anilines is 3. The quantitative estimate of drug-likeness (QED) is 0.582. The second-order valence-corrected chi connectivity index (χ2v) is 8.55. The molecule has 2 fully saturated rings. The van der Waals surface area contributed by atoms with Crippen LogP contribution in [0.15, 0.2) is 18.3 Å². The van der Waals surface area contributed by atoms with Crippen LogP contribution in [0.1, 0.15) is 24.6 Å². The molecule has 2 bridgehead atoms. The molecule has 0 amide bonds. The van der Waals surface area contributed by atoms with Crippen molar-refractivity contribution in [3.05, 3.63) is 29.6 Å². The fourth-order valence-electron chi connectivity index (χ4n) is 4.73. The second kappa shape index (κ2) is 8.05. The average Bonchev–Trinajstić information content (AvgIpc) is 3.41. The van der Waals surface area contributed by atoms with Crippen LogP contribution in [0.25, 0.3) is 11.0 Å². The third kappa shape index (κ3) is 3.72. The van der Waals surface area contributed by atoms with Crippen molar-refractivity contribution >= 4 is 28.6 Å². The van der Waals surface area contributed by atoms with Gasteiger partial charge < -0.3 is 15.0 Å². The Morgan fingerprint density at radius 3 is 2.77 bits per heavy atom. The minimum atomic E-state index is 0.464. The summed E-state index contributed by atoms with van der Waals surface area (Å²) >= 11 is 0. The number of nitrogens with zero attached hydrogens (tertiary/aromatic N) is 7. The van der Waals surface area contributed by atoms with Crippen molar-refractivity contribution in [1.29, 1.82) is 0 Å². The van der Waals surface area contributed by atoms with Crippen molar-refractivity contribution in [3.63, 3.8) is 0 Å². The zero-order valence-corrected chi connectivity index (χ0v) is 18.7. The smallest absolute Gasteiger partial charge is 0.228 e. The molecule has 0 aromatic carbocycles. The maximum atomic E-state index is 5.57. The molecule has 9 nitrogen and oxygen atoms in total. The van der Waals surface area contributed by atoms with Crippen LogP contribution in [0.3, 0.4) is 0 Å². The van der Waals surface area contributed by atoms with Gasteiger partial charge in [0, 0.05) is 38.0 Å². The molecule has 0 saturated carbocycles. The van der Waals surface area contributed by atoms with Gasteiger partial charge in [-0.05, 0) is 51.9 Å². The average molecular weight is 423 g/mol. The number of hydrogen-bond acceptors (Lipinski definition) is 8. The highest BCUT2D eigenvalue weighted by Gasteiger charge is 2.42. The molecule has 2 atom stereocenters. The van der Waals surface area contributed by atoms with Crippen molar-refractivity contribution in [2.45, 2.75) is 45.8 Å². The number of likely N-dealkylation sites (N-methyl/N-ethyl adjacent to an activating group) is 1. The molecule has 1 N–H and O–H groups in total. The fraction of sp³-hybridized carbons (Fsp3) is 0.545. The minimum Gasteiger partial charge on any atom is -0.380 e. The van der Waals surface area contributed by atoms with E-state index < -0.39 is 0 Å². The molecule has 2 aliphatic heterocycles. The Balaban J connectivity index is 1.58. The van der Waals surface area contributed by atoms with Crippen molar-refractivity contribution in [2.75, 3.05) is 43.6 Å². The lowest BCUT2D eigenvalue weighted by molar-refractivity contribution is 0.137. The largest absolute Gasteiger partial charge is 0.380 e. The molecule has 0 spiro atoms. The summed E-state index contributed by atoms with van der Waals surface area (Å²) < 4.78 is 7.52. The number of pyridine rings is 1. The van der Waals surface area contributed by atoms with Crippen molar-refractivity contribution in [3.8, 4) is 0 Å². The first-order valence-corrected chi connectivity index (χ1v) is 11.0. The number of likely N-dealkylation sites (tertiary alicyclic amines) is 1. The van der Waals surface area contributed by atoms with Crippen LogP contribution in [-0.4, -0.2) is 75.1 Å². The van der Waals surface area contributed by atoms with Gasteiger partial charge in [0.25, 0.3) is 0 Å². The van der Waals surface area contributed by atoms with Gasteiger partial charge in [-0.3, -0.25) is 9.58 Å². The summed E-state index contributed by atoms with van der Waals surface area (Å²) in [7, 11) is 2.20. The molecule has 2 aliphatic rings. The molecule has 0 unspecified atom stereocenters. The van der Waals surface area contributed by atoms with Gasteiger partial charge in [0.05, 0.1) is 18.8 Å². The number of aromatic nitrogens is 5. The Hall–Kier alpha value is -2.78. The number of hydrogen-bond donors (Lipinski definition) is 1. The highest BCUT2D eigenvalue weighted by atomic mass is 16.5. The number of ether oxygens (including phenoxy) is 1. The zero-order valence-electron chi connectivity index (χ0n) is 18.7. The maximum Gasteiger partial charge on any atom is 0.228 e. The van der Waals surface area contributed by atoms with Crippen molar-refractivity contribution in [1.82, 2.24) is 29.6 Å². The van der Waals surface area contributed by atoms with Gasteiger partial charge in [0.15, 0.2) is 5.82 Å². The van der Waals surface area contributed by atoms with Crippen LogP contribution in [-0.2, 0) is 11.3 Å². The molecular formula is C22H30N8O. The summed E-state index contributed by atoms with van der Waals surface area (Å²) in [6.07, 6.45) is 2.98. The van der Waals surface area contributed by atoms with Gasteiger partial charge >= 0.3 is 0 Å². The van der Waals surface area contributed by atoms with E-state index in [0.717, 1.165) is 53.0 Å². The molecule has 5 heterocycles. The van der Waals surface area contributed by atoms with E-state index in [9.17, 15) is 0 Å². The SMILES string of the molecule is CCOCCn1nc(C)c2nc(N3C[C@H]4C[C@@H]3CN4C)nc(Nc3cc(C)ccn3)c21. The van der Waals surface area contributed by atoms with Gasteiger partial charge in [-0.1, -0.05) is 0 Å². The lowest BCUT2D eigenvalue weighted by Gasteiger charge is -2.32. The normalized spacial score (nSPS) is 20.8. The van der Waals surface area contributed by atoms with Gasteiger partial charge in [-0.25, -0.2) is 9.97 Å². The molecular weight excluding hydrogens is 392 g/mol. The number of fused-ring (bicyclic) bond motifs is 3. The van der Waals surface area contributed by atoms with Crippen molar-refractivity contribution < 1.29 is 4.74 Å². The predicted octanol–water partition coefficient (Wildman–Crippen LogP) is 2.51. The van der Waals surface area contributed by atoms with Crippen LogP contribution in [0.5, 0.6) is 0 Å². The van der Waals surface area contributed by atoms with Gasteiger partial charge in [0.1, 0.15) is 16.9 Å². The van der Waals surface area contributed by atoms with Crippen LogP contribution in [0.4, 0.5) is 17.6 Å².